The molecule has 3 N–H and O–H groups in total. The maximum absolute atomic E-state index is 9.15. The van der Waals surface area contributed by atoms with Gasteiger partial charge in [-0.05, 0) is 13.0 Å². The van der Waals surface area contributed by atoms with E-state index in [0.717, 1.165) is 5.82 Å². The number of rotatable bonds is 3. The first kappa shape index (κ1) is 9.80. The highest BCUT2D eigenvalue weighted by Gasteiger charge is 2.04. The highest BCUT2D eigenvalue weighted by atomic mass is 16.3. The molecule has 0 saturated heterocycles. The number of hydrogen-bond donors (Lipinski definition) is 2. The first-order chi connectivity index (χ1) is 6.09. The second-order valence-electron chi connectivity index (χ2n) is 3.18. The van der Waals surface area contributed by atoms with Gasteiger partial charge in [-0.1, -0.05) is 0 Å². The van der Waals surface area contributed by atoms with Crippen LogP contribution < -0.4 is 10.6 Å². The van der Waals surface area contributed by atoms with Crippen molar-refractivity contribution in [2.75, 3.05) is 24.2 Å². The quantitative estimate of drug-likeness (QED) is 0.712. The van der Waals surface area contributed by atoms with E-state index in [4.69, 9.17) is 10.8 Å². The van der Waals surface area contributed by atoms with E-state index in [9.17, 15) is 0 Å². The summed E-state index contributed by atoms with van der Waals surface area (Å²) < 4.78 is 0. The molecule has 0 aliphatic rings. The van der Waals surface area contributed by atoms with E-state index in [1.165, 1.54) is 0 Å². The number of aliphatic hydroxyl groups excluding tert-OH is 1. The molecular weight excluding hydrogens is 166 g/mol. The van der Waals surface area contributed by atoms with E-state index in [-0.39, 0.29) is 6.10 Å². The summed E-state index contributed by atoms with van der Waals surface area (Å²) in [6, 6.07) is 3.52. The number of nitrogens with zero attached hydrogens (tertiary/aromatic N) is 2. The summed E-state index contributed by atoms with van der Waals surface area (Å²) in [4.78, 5) is 5.99. The third kappa shape index (κ3) is 2.91. The second-order valence-corrected chi connectivity index (χ2v) is 3.18. The first-order valence-corrected chi connectivity index (χ1v) is 4.20. The fourth-order valence-electron chi connectivity index (χ4n) is 1.13. The van der Waals surface area contributed by atoms with Gasteiger partial charge < -0.3 is 15.7 Å². The Morgan fingerprint density at radius 1 is 1.69 bits per heavy atom. The summed E-state index contributed by atoms with van der Waals surface area (Å²) in [5.74, 6) is 0.779. The lowest BCUT2D eigenvalue weighted by molar-refractivity contribution is 0.201. The molecule has 0 aliphatic carbocycles. The summed E-state index contributed by atoms with van der Waals surface area (Å²) >= 11 is 0. The van der Waals surface area contributed by atoms with Crippen molar-refractivity contribution < 1.29 is 5.11 Å². The number of aromatic nitrogens is 1. The summed E-state index contributed by atoms with van der Waals surface area (Å²) in [7, 11) is 1.87. The van der Waals surface area contributed by atoms with Crippen LogP contribution in [-0.4, -0.2) is 29.8 Å². The Morgan fingerprint density at radius 3 is 2.92 bits per heavy atom. The summed E-state index contributed by atoms with van der Waals surface area (Å²) in [5, 5.41) is 9.15. The zero-order valence-electron chi connectivity index (χ0n) is 7.94. The predicted molar refractivity (Wildman–Crippen MR) is 53.6 cm³/mol. The Bertz CT molecular complexity index is 275. The molecule has 1 aromatic heterocycles. The van der Waals surface area contributed by atoms with E-state index < -0.39 is 0 Å². The minimum Gasteiger partial charge on any atom is -0.399 e. The fraction of sp³-hybridized carbons (Fsp3) is 0.444. The number of aliphatic hydroxyl groups is 1. The number of nitrogen functional groups attached to an aromatic ring is 1. The summed E-state index contributed by atoms with van der Waals surface area (Å²) in [6.45, 7) is 2.29. The zero-order chi connectivity index (χ0) is 9.84. The molecule has 4 heteroatoms. The SMILES string of the molecule is CC(O)CN(C)c1cc(N)ccn1. The van der Waals surface area contributed by atoms with E-state index in [0.29, 0.717) is 12.2 Å². The van der Waals surface area contributed by atoms with Gasteiger partial charge in [-0.2, -0.15) is 0 Å². The number of pyridine rings is 1. The fourth-order valence-corrected chi connectivity index (χ4v) is 1.13. The first-order valence-electron chi connectivity index (χ1n) is 4.20. The van der Waals surface area contributed by atoms with Crippen LogP contribution in [0, 0.1) is 0 Å². The van der Waals surface area contributed by atoms with Crippen LogP contribution in [0.1, 0.15) is 6.92 Å². The summed E-state index contributed by atoms with van der Waals surface area (Å²) in [5.41, 5.74) is 6.28. The Hall–Kier alpha value is -1.29. The Labute approximate surface area is 78.0 Å². The van der Waals surface area contributed by atoms with E-state index >= 15 is 0 Å². The maximum Gasteiger partial charge on any atom is 0.130 e. The third-order valence-corrected chi connectivity index (χ3v) is 1.70. The average Bonchev–Trinajstić information content (AvgIpc) is 2.03. The van der Waals surface area contributed by atoms with Crippen molar-refractivity contribution in [3.63, 3.8) is 0 Å². The molecule has 4 nitrogen and oxygen atoms in total. The molecule has 0 saturated carbocycles. The Morgan fingerprint density at radius 2 is 2.38 bits per heavy atom. The topological polar surface area (TPSA) is 62.4 Å². The molecular formula is C9H15N3O. The van der Waals surface area contributed by atoms with Crippen molar-refractivity contribution in [1.82, 2.24) is 4.98 Å². The molecule has 1 atom stereocenters. The molecule has 0 fully saturated rings. The highest BCUT2D eigenvalue weighted by molar-refractivity contribution is 5.49. The van der Waals surface area contributed by atoms with Crippen LogP contribution in [0.15, 0.2) is 18.3 Å². The molecule has 13 heavy (non-hydrogen) atoms. The van der Waals surface area contributed by atoms with Crippen molar-refractivity contribution in [1.29, 1.82) is 0 Å². The van der Waals surface area contributed by atoms with Gasteiger partial charge in [0.05, 0.1) is 6.10 Å². The molecule has 0 amide bonds. The molecule has 0 spiro atoms. The number of anilines is 2. The standard InChI is InChI=1S/C9H15N3O/c1-7(13)6-12(2)9-5-8(10)3-4-11-9/h3-5,7,13H,6H2,1-2H3,(H2,10,11). The van der Waals surface area contributed by atoms with Crippen molar-refractivity contribution >= 4 is 11.5 Å². The molecule has 0 aromatic carbocycles. The van der Waals surface area contributed by atoms with Gasteiger partial charge >= 0.3 is 0 Å². The van der Waals surface area contributed by atoms with E-state index in [1.807, 2.05) is 11.9 Å². The largest absolute Gasteiger partial charge is 0.399 e. The molecule has 1 heterocycles. The molecule has 0 aliphatic heterocycles. The van der Waals surface area contributed by atoms with Crippen LogP contribution in [0.5, 0.6) is 0 Å². The lowest BCUT2D eigenvalue weighted by atomic mass is 10.3. The Balaban J connectivity index is 2.71. The van der Waals surface area contributed by atoms with Gasteiger partial charge in [0.1, 0.15) is 5.82 Å². The smallest absolute Gasteiger partial charge is 0.130 e. The minimum absolute atomic E-state index is 0.367. The molecule has 0 radical (unpaired) electrons. The van der Waals surface area contributed by atoms with Crippen molar-refractivity contribution in [3.05, 3.63) is 18.3 Å². The lowest BCUT2D eigenvalue weighted by Gasteiger charge is -2.19. The molecule has 72 valence electrons. The lowest BCUT2D eigenvalue weighted by Crippen LogP contribution is -2.27. The van der Waals surface area contributed by atoms with Crippen molar-refractivity contribution in [2.45, 2.75) is 13.0 Å². The second kappa shape index (κ2) is 4.09. The van der Waals surface area contributed by atoms with Crippen LogP contribution in [0.2, 0.25) is 0 Å². The van der Waals surface area contributed by atoms with Crippen LogP contribution in [0.25, 0.3) is 0 Å². The minimum atomic E-state index is -0.367. The number of hydrogen-bond acceptors (Lipinski definition) is 4. The highest BCUT2D eigenvalue weighted by Crippen LogP contribution is 2.12. The van der Waals surface area contributed by atoms with Gasteiger partial charge in [-0.15, -0.1) is 0 Å². The van der Waals surface area contributed by atoms with Gasteiger partial charge in [0.2, 0.25) is 0 Å². The molecule has 0 bridgehead atoms. The number of nitrogens with two attached hydrogens (primary N) is 1. The predicted octanol–water partition coefficient (Wildman–Crippen LogP) is 0.481. The molecule has 1 aromatic rings. The van der Waals surface area contributed by atoms with Gasteiger partial charge in [-0.3, -0.25) is 0 Å². The normalized spacial score (nSPS) is 12.5. The number of likely N-dealkylation sites (N-methyl/N-ethyl adjacent to an activating group) is 1. The third-order valence-electron chi connectivity index (χ3n) is 1.70. The zero-order valence-corrected chi connectivity index (χ0v) is 7.94. The van der Waals surface area contributed by atoms with Crippen LogP contribution in [-0.2, 0) is 0 Å². The Kier molecular flexibility index (Phi) is 3.08. The van der Waals surface area contributed by atoms with E-state index in [1.54, 1.807) is 25.3 Å². The van der Waals surface area contributed by atoms with Crippen LogP contribution in [0.4, 0.5) is 11.5 Å². The van der Waals surface area contributed by atoms with Gasteiger partial charge in [0, 0.05) is 31.5 Å². The van der Waals surface area contributed by atoms with Crippen LogP contribution >= 0.6 is 0 Å². The van der Waals surface area contributed by atoms with Gasteiger partial charge in [0.15, 0.2) is 0 Å². The molecule has 1 unspecified atom stereocenters. The maximum atomic E-state index is 9.15. The monoisotopic (exact) mass is 181 g/mol. The van der Waals surface area contributed by atoms with Gasteiger partial charge in [-0.25, -0.2) is 4.98 Å². The van der Waals surface area contributed by atoms with Crippen LogP contribution in [0.3, 0.4) is 0 Å². The van der Waals surface area contributed by atoms with Crippen molar-refractivity contribution in [3.8, 4) is 0 Å². The average molecular weight is 181 g/mol. The van der Waals surface area contributed by atoms with Gasteiger partial charge in [0.25, 0.3) is 0 Å². The molecule has 1 rings (SSSR count). The van der Waals surface area contributed by atoms with Crippen molar-refractivity contribution in [2.24, 2.45) is 0 Å². The summed E-state index contributed by atoms with van der Waals surface area (Å²) in [6.07, 6.45) is 1.29. The van der Waals surface area contributed by atoms with E-state index in [2.05, 4.69) is 4.98 Å².